The molecule has 0 aliphatic carbocycles. The standard InChI is InChI=1S/C82H160O17P2/c1-8-11-12-13-14-42-49-56-63-79(84)92-69-77(98-82(87)66-59-52-45-38-32-31-35-41-48-55-62-75(7)10-3)71-96-100(88,89)94-67-76(83)68-95-101(90,91)97-72-78(70-93-80(85)64-57-50-43-36-29-25-22-21-23-27-33-39-46-53-60-73(4)5)99-81(86)65-58-51-44-37-30-26-20-18-16-15-17-19-24-28-34-40-47-54-61-74(6)9-2/h73-78,83H,8-72H2,1-7H3,(H,88,89)(H,90,91)/t74?,75?,76-,77+,78+/m0/s1. The Morgan fingerprint density at radius 3 is 0.752 bits per heavy atom. The van der Waals surface area contributed by atoms with E-state index in [4.69, 9.17) is 37.0 Å². The summed E-state index contributed by atoms with van der Waals surface area (Å²) >= 11 is 0. The Hall–Kier alpha value is -1.94. The first kappa shape index (κ1) is 99.1. The molecule has 0 aliphatic rings. The summed E-state index contributed by atoms with van der Waals surface area (Å²) in [6.45, 7) is 12.0. The Labute approximate surface area is 619 Å². The molecule has 17 nitrogen and oxygen atoms in total. The topological polar surface area (TPSA) is 237 Å². The molecule has 600 valence electrons. The van der Waals surface area contributed by atoms with Crippen molar-refractivity contribution < 1.29 is 80.2 Å². The van der Waals surface area contributed by atoms with Gasteiger partial charge in [0.25, 0.3) is 0 Å². The molecule has 0 bridgehead atoms. The highest BCUT2D eigenvalue weighted by Crippen LogP contribution is 2.45. The van der Waals surface area contributed by atoms with Crippen LogP contribution >= 0.6 is 15.6 Å². The molecule has 0 aliphatic heterocycles. The van der Waals surface area contributed by atoms with Crippen LogP contribution in [-0.4, -0.2) is 96.7 Å². The zero-order valence-corrected chi connectivity index (χ0v) is 68.2. The third-order valence-corrected chi connectivity index (χ3v) is 21.8. The third-order valence-electron chi connectivity index (χ3n) is 19.9. The second-order valence-electron chi connectivity index (χ2n) is 30.5. The molecule has 7 atom stereocenters. The fourth-order valence-electron chi connectivity index (χ4n) is 12.6. The summed E-state index contributed by atoms with van der Waals surface area (Å²) in [5.74, 6) is 0.361. The zero-order valence-electron chi connectivity index (χ0n) is 66.4. The van der Waals surface area contributed by atoms with Crippen LogP contribution in [0.25, 0.3) is 0 Å². The SMILES string of the molecule is CCCCCCCCCCC(=O)OC[C@H](COP(=O)(O)OC[C@H](O)COP(=O)(O)OC[C@@H](COC(=O)CCCCCCCCCCCCCCCCC(C)C)OC(=O)CCCCCCCCCCCCCCCCCCCCC(C)CC)OC(=O)CCCCCCCCCCCCC(C)CC. The van der Waals surface area contributed by atoms with Crippen LogP contribution < -0.4 is 0 Å². The monoisotopic (exact) mass is 1480 g/mol. The van der Waals surface area contributed by atoms with Gasteiger partial charge in [-0.2, -0.15) is 0 Å². The predicted molar refractivity (Wildman–Crippen MR) is 414 cm³/mol. The van der Waals surface area contributed by atoms with Gasteiger partial charge in [0.1, 0.15) is 19.3 Å². The van der Waals surface area contributed by atoms with Gasteiger partial charge in [0, 0.05) is 25.7 Å². The first-order chi connectivity index (χ1) is 48.8. The van der Waals surface area contributed by atoms with E-state index in [2.05, 4.69) is 48.5 Å². The second-order valence-corrected chi connectivity index (χ2v) is 33.4. The van der Waals surface area contributed by atoms with Crippen molar-refractivity contribution >= 4 is 39.5 Å². The molecule has 0 saturated heterocycles. The molecule has 0 spiro atoms. The smallest absolute Gasteiger partial charge is 0.462 e. The van der Waals surface area contributed by atoms with Crippen LogP contribution in [0.5, 0.6) is 0 Å². The van der Waals surface area contributed by atoms with Gasteiger partial charge < -0.3 is 33.8 Å². The van der Waals surface area contributed by atoms with Gasteiger partial charge in [0.15, 0.2) is 12.2 Å². The average molecular weight is 1480 g/mol. The van der Waals surface area contributed by atoms with Crippen molar-refractivity contribution in [3.8, 4) is 0 Å². The Bertz CT molecular complexity index is 1960. The van der Waals surface area contributed by atoms with Gasteiger partial charge in [-0.3, -0.25) is 37.3 Å². The number of aliphatic hydroxyl groups excluding tert-OH is 1. The van der Waals surface area contributed by atoms with E-state index in [1.165, 1.54) is 231 Å². The molecule has 0 amide bonds. The van der Waals surface area contributed by atoms with Crippen molar-refractivity contribution in [2.24, 2.45) is 17.8 Å². The number of hydrogen-bond acceptors (Lipinski definition) is 15. The Kier molecular flexibility index (Phi) is 70.9. The van der Waals surface area contributed by atoms with Crippen molar-refractivity contribution in [3.63, 3.8) is 0 Å². The number of phosphoric ester groups is 2. The maximum Gasteiger partial charge on any atom is 0.472 e. The number of ether oxygens (including phenoxy) is 4. The molecule has 0 saturated carbocycles. The molecule has 0 aromatic heterocycles. The summed E-state index contributed by atoms with van der Waals surface area (Å²) < 4.78 is 68.7. The van der Waals surface area contributed by atoms with Crippen LogP contribution in [0, 0.1) is 17.8 Å². The van der Waals surface area contributed by atoms with Crippen LogP contribution in [-0.2, 0) is 65.4 Å². The van der Waals surface area contributed by atoms with Crippen molar-refractivity contribution in [1.29, 1.82) is 0 Å². The van der Waals surface area contributed by atoms with E-state index >= 15 is 0 Å². The minimum atomic E-state index is -4.96. The molecule has 0 rings (SSSR count). The number of carbonyl (C=O) groups excluding carboxylic acids is 4. The van der Waals surface area contributed by atoms with Crippen molar-refractivity contribution in [2.75, 3.05) is 39.6 Å². The highest BCUT2D eigenvalue weighted by atomic mass is 31.2. The summed E-state index contributed by atoms with van der Waals surface area (Å²) in [6.07, 6.45) is 61.0. The summed E-state index contributed by atoms with van der Waals surface area (Å²) in [5.41, 5.74) is 0. The highest BCUT2D eigenvalue weighted by Gasteiger charge is 2.30. The van der Waals surface area contributed by atoms with Gasteiger partial charge in [0.05, 0.1) is 26.4 Å². The highest BCUT2D eigenvalue weighted by molar-refractivity contribution is 7.47. The lowest BCUT2D eigenvalue weighted by Gasteiger charge is -2.21. The van der Waals surface area contributed by atoms with Crippen LogP contribution in [0.1, 0.15) is 427 Å². The van der Waals surface area contributed by atoms with Gasteiger partial charge in [-0.1, -0.05) is 376 Å². The number of carbonyl (C=O) groups is 4. The van der Waals surface area contributed by atoms with E-state index in [-0.39, 0.29) is 25.7 Å². The van der Waals surface area contributed by atoms with Gasteiger partial charge in [-0.25, -0.2) is 9.13 Å². The largest absolute Gasteiger partial charge is 0.472 e. The Morgan fingerprint density at radius 1 is 0.287 bits per heavy atom. The summed E-state index contributed by atoms with van der Waals surface area (Å²) in [5, 5.41) is 10.6. The minimum absolute atomic E-state index is 0.106. The number of unbranched alkanes of at least 4 members (excludes halogenated alkanes) is 46. The lowest BCUT2D eigenvalue weighted by Crippen LogP contribution is -2.30. The maximum absolute atomic E-state index is 13.1. The van der Waals surface area contributed by atoms with E-state index in [9.17, 15) is 43.2 Å². The number of rotatable bonds is 80. The second kappa shape index (κ2) is 72.3. The molecule has 101 heavy (non-hydrogen) atoms. The van der Waals surface area contributed by atoms with Crippen LogP contribution in [0.2, 0.25) is 0 Å². The minimum Gasteiger partial charge on any atom is -0.462 e. The molecule has 19 heteroatoms. The fraction of sp³-hybridized carbons (Fsp3) is 0.951. The Morgan fingerprint density at radius 2 is 0.505 bits per heavy atom. The zero-order chi connectivity index (χ0) is 74.4. The summed E-state index contributed by atoms with van der Waals surface area (Å²) in [4.78, 5) is 73.0. The number of esters is 4. The molecule has 0 radical (unpaired) electrons. The van der Waals surface area contributed by atoms with Crippen molar-refractivity contribution in [1.82, 2.24) is 0 Å². The predicted octanol–water partition coefficient (Wildman–Crippen LogP) is 24.5. The van der Waals surface area contributed by atoms with Gasteiger partial charge >= 0.3 is 39.5 Å². The van der Waals surface area contributed by atoms with Gasteiger partial charge in [0.2, 0.25) is 0 Å². The number of hydrogen-bond donors (Lipinski definition) is 3. The average Bonchev–Trinajstić information content (AvgIpc) is 0.987. The maximum atomic E-state index is 13.1. The first-order valence-corrected chi connectivity index (χ1v) is 45.4. The van der Waals surface area contributed by atoms with Crippen LogP contribution in [0.4, 0.5) is 0 Å². The lowest BCUT2D eigenvalue weighted by molar-refractivity contribution is -0.161. The fourth-order valence-corrected chi connectivity index (χ4v) is 14.2. The number of aliphatic hydroxyl groups is 1. The molecular formula is C82H160O17P2. The van der Waals surface area contributed by atoms with E-state index in [0.29, 0.717) is 25.7 Å². The summed E-state index contributed by atoms with van der Waals surface area (Å²) in [6, 6.07) is 0. The molecular weight excluding hydrogens is 1320 g/mol. The van der Waals surface area contributed by atoms with E-state index in [1.54, 1.807) is 0 Å². The van der Waals surface area contributed by atoms with Gasteiger partial charge in [-0.15, -0.1) is 0 Å². The third kappa shape index (κ3) is 73.4. The molecule has 3 N–H and O–H groups in total. The van der Waals surface area contributed by atoms with Crippen molar-refractivity contribution in [2.45, 2.75) is 446 Å². The summed E-state index contributed by atoms with van der Waals surface area (Å²) in [7, 11) is -9.92. The van der Waals surface area contributed by atoms with E-state index in [0.717, 1.165) is 114 Å². The Balaban J connectivity index is 5.19. The van der Waals surface area contributed by atoms with E-state index in [1.807, 2.05) is 0 Å². The quantitative estimate of drug-likeness (QED) is 0.0222. The lowest BCUT2D eigenvalue weighted by atomic mass is 9.99. The van der Waals surface area contributed by atoms with E-state index < -0.39 is 97.5 Å². The van der Waals surface area contributed by atoms with Crippen molar-refractivity contribution in [3.05, 3.63) is 0 Å². The molecule has 0 aromatic carbocycles. The first-order valence-electron chi connectivity index (χ1n) is 42.4. The normalized spacial score (nSPS) is 14.5. The molecule has 0 fully saturated rings. The van der Waals surface area contributed by atoms with Gasteiger partial charge in [-0.05, 0) is 43.4 Å². The molecule has 0 aromatic rings. The molecule has 4 unspecified atom stereocenters. The van der Waals surface area contributed by atoms with Crippen LogP contribution in [0.3, 0.4) is 0 Å². The molecule has 0 heterocycles. The number of phosphoric acid groups is 2. The van der Waals surface area contributed by atoms with Crippen LogP contribution in [0.15, 0.2) is 0 Å².